The summed E-state index contributed by atoms with van der Waals surface area (Å²) in [4.78, 5) is 0. The van der Waals surface area contributed by atoms with Crippen molar-refractivity contribution in [1.82, 2.24) is 5.43 Å². The van der Waals surface area contributed by atoms with E-state index in [4.69, 9.17) is 12.2 Å². The van der Waals surface area contributed by atoms with Gasteiger partial charge in [-0.1, -0.05) is 0 Å². The largest absolute Gasteiger partial charge is 0.435 e. The summed E-state index contributed by atoms with van der Waals surface area (Å²) in [6, 6.07) is 8.65. The molecule has 0 aliphatic heterocycles. The third-order valence-corrected chi connectivity index (χ3v) is 2.78. The first-order valence-electron chi connectivity index (χ1n) is 6.27. The summed E-state index contributed by atoms with van der Waals surface area (Å²) >= 11 is 4.97. The number of rotatable bonds is 5. The average molecular weight is 345 g/mol. The minimum absolute atomic E-state index is 0.0101. The van der Waals surface area contributed by atoms with Gasteiger partial charge in [0.25, 0.3) is 0 Å². The fourth-order valence-electron chi connectivity index (χ4n) is 1.60. The first kappa shape index (κ1) is 16.8. The summed E-state index contributed by atoms with van der Waals surface area (Å²) in [6.07, 6.45) is 0. The number of thiocarbonyl (C=S) groups is 1. The van der Waals surface area contributed by atoms with Crippen LogP contribution in [0.25, 0.3) is 0 Å². The summed E-state index contributed by atoms with van der Waals surface area (Å²) < 4.78 is 54.4. The van der Waals surface area contributed by atoms with Gasteiger partial charge in [-0.25, -0.2) is 8.78 Å². The van der Waals surface area contributed by atoms with E-state index in [1.54, 1.807) is 0 Å². The van der Waals surface area contributed by atoms with Crippen LogP contribution in [0.15, 0.2) is 42.5 Å². The van der Waals surface area contributed by atoms with Crippen molar-refractivity contribution in [3.05, 3.63) is 54.1 Å². The zero-order valence-corrected chi connectivity index (χ0v) is 12.3. The van der Waals surface area contributed by atoms with E-state index in [2.05, 4.69) is 20.9 Å². The molecule has 0 amide bonds. The van der Waals surface area contributed by atoms with Crippen LogP contribution in [-0.2, 0) is 0 Å². The standard InChI is InChI=1S/C14H11F4N3OS/c15-8-1-6-12(11(16)7-8)20-21-14(23)19-9-2-4-10(5-3-9)22-13(17)18/h1-7,13,20H,(H2,19,21,23). The first-order chi connectivity index (χ1) is 10.9. The Balaban J connectivity index is 1.87. The zero-order chi connectivity index (χ0) is 16.8. The molecule has 0 spiro atoms. The Morgan fingerprint density at radius 1 is 1.04 bits per heavy atom. The minimum Gasteiger partial charge on any atom is -0.435 e. The van der Waals surface area contributed by atoms with Crippen molar-refractivity contribution in [2.45, 2.75) is 6.61 Å². The Hall–Kier alpha value is -2.55. The molecule has 23 heavy (non-hydrogen) atoms. The second-order valence-electron chi connectivity index (χ2n) is 4.23. The lowest BCUT2D eigenvalue weighted by Crippen LogP contribution is -2.33. The van der Waals surface area contributed by atoms with Crippen LogP contribution in [0.3, 0.4) is 0 Å². The van der Waals surface area contributed by atoms with E-state index in [0.29, 0.717) is 5.69 Å². The van der Waals surface area contributed by atoms with E-state index < -0.39 is 18.2 Å². The van der Waals surface area contributed by atoms with Crippen molar-refractivity contribution in [3.63, 3.8) is 0 Å². The SMILES string of the molecule is Fc1ccc(NNC(=S)Nc2ccc(OC(F)F)cc2)c(F)c1. The normalized spacial score (nSPS) is 10.3. The van der Waals surface area contributed by atoms with Gasteiger partial charge in [0.15, 0.2) is 10.9 Å². The van der Waals surface area contributed by atoms with Crippen LogP contribution < -0.4 is 20.9 Å². The summed E-state index contributed by atoms with van der Waals surface area (Å²) in [5, 5.41) is 2.84. The van der Waals surface area contributed by atoms with Gasteiger partial charge >= 0.3 is 6.61 Å². The molecule has 4 nitrogen and oxygen atoms in total. The van der Waals surface area contributed by atoms with Crippen molar-refractivity contribution < 1.29 is 22.3 Å². The third kappa shape index (κ3) is 5.29. The van der Waals surface area contributed by atoms with Gasteiger partial charge in [0.05, 0.1) is 5.69 Å². The smallest absolute Gasteiger partial charge is 0.387 e. The van der Waals surface area contributed by atoms with Crippen molar-refractivity contribution in [2.24, 2.45) is 0 Å². The van der Waals surface area contributed by atoms with Crippen LogP contribution in [0.1, 0.15) is 0 Å². The maximum atomic E-state index is 13.4. The lowest BCUT2D eigenvalue weighted by atomic mass is 10.3. The number of hydrogen-bond donors (Lipinski definition) is 3. The van der Waals surface area contributed by atoms with Crippen molar-refractivity contribution in [2.75, 3.05) is 10.7 Å². The summed E-state index contributed by atoms with van der Waals surface area (Å²) in [6.45, 7) is -2.90. The lowest BCUT2D eigenvalue weighted by Gasteiger charge is -2.13. The molecule has 0 saturated heterocycles. The number of benzene rings is 2. The van der Waals surface area contributed by atoms with Gasteiger partial charge in [-0.2, -0.15) is 8.78 Å². The Labute approximate surface area is 134 Å². The molecule has 0 aliphatic carbocycles. The molecule has 0 fully saturated rings. The van der Waals surface area contributed by atoms with Gasteiger partial charge in [-0.3, -0.25) is 10.9 Å². The van der Waals surface area contributed by atoms with Gasteiger partial charge in [-0.05, 0) is 48.6 Å². The lowest BCUT2D eigenvalue weighted by molar-refractivity contribution is -0.0498. The highest BCUT2D eigenvalue weighted by molar-refractivity contribution is 7.80. The van der Waals surface area contributed by atoms with Crippen LogP contribution in [0.4, 0.5) is 28.9 Å². The predicted octanol–water partition coefficient (Wildman–Crippen LogP) is 3.88. The number of hydrazine groups is 1. The highest BCUT2D eigenvalue weighted by Crippen LogP contribution is 2.18. The van der Waals surface area contributed by atoms with Gasteiger partial charge in [0.2, 0.25) is 0 Å². The molecule has 0 saturated carbocycles. The van der Waals surface area contributed by atoms with Gasteiger partial charge in [-0.15, -0.1) is 0 Å². The maximum Gasteiger partial charge on any atom is 0.387 e. The molecule has 0 unspecified atom stereocenters. The topological polar surface area (TPSA) is 45.3 Å². The molecule has 2 aromatic rings. The van der Waals surface area contributed by atoms with E-state index >= 15 is 0 Å². The predicted molar refractivity (Wildman–Crippen MR) is 82.4 cm³/mol. The molecule has 9 heteroatoms. The van der Waals surface area contributed by atoms with E-state index in [-0.39, 0.29) is 16.5 Å². The number of anilines is 2. The number of hydrogen-bond acceptors (Lipinski definition) is 3. The molecule has 2 rings (SSSR count). The van der Waals surface area contributed by atoms with E-state index in [1.165, 1.54) is 30.3 Å². The van der Waals surface area contributed by atoms with Gasteiger partial charge < -0.3 is 10.1 Å². The average Bonchev–Trinajstić information content (AvgIpc) is 2.48. The molecule has 3 N–H and O–H groups in total. The molecule has 0 heterocycles. The second-order valence-corrected chi connectivity index (χ2v) is 4.64. The Bertz CT molecular complexity index is 682. The van der Waals surface area contributed by atoms with Crippen LogP contribution in [0, 0.1) is 11.6 Å². The number of alkyl halides is 2. The van der Waals surface area contributed by atoms with Gasteiger partial charge in [0, 0.05) is 11.8 Å². The van der Waals surface area contributed by atoms with Crippen molar-refractivity contribution in [1.29, 1.82) is 0 Å². The Morgan fingerprint density at radius 2 is 1.74 bits per heavy atom. The molecule has 2 aromatic carbocycles. The molecule has 0 radical (unpaired) electrons. The Morgan fingerprint density at radius 3 is 2.35 bits per heavy atom. The van der Waals surface area contributed by atoms with E-state index in [0.717, 1.165) is 12.1 Å². The fourth-order valence-corrected chi connectivity index (χ4v) is 1.77. The van der Waals surface area contributed by atoms with Crippen LogP contribution >= 0.6 is 12.2 Å². The van der Waals surface area contributed by atoms with Crippen LogP contribution in [0.2, 0.25) is 0 Å². The minimum atomic E-state index is -2.90. The van der Waals surface area contributed by atoms with Crippen LogP contribution in [-0.4, -0.2) is 11.7 Å². The van der Waals surface area contributed by atoms with E-state index in [9.17, 15) is 17.6 Å². The maximum absolute atomic E-state index is 13.4. The molecule has 0 aliphatic rings. The van der Waals surface area contributed by atoms with Crippen molar-refractivity contribution in [3.8, 4) is 5.75 Å². The monoisotopic (exact) mass is 345 g/mol. The number of ether oxygens (including phenoxy) is 1. The summed E-state index contributed by atoms with van der Waals surface area (Å²) in [5.41, 5.74) is 5.51. The molecule has 0 atom stereocenters. The molecule has 122 valence electrons. The molecule has 0 bridgehead atoms. The number of nitrogens with one attached hydrogen (secondary N) is 3. The van der Waals surface area contributed by atoms with Crippen molar-refractivity contribution >= 4 is 28.7 Å². The van der Waals surface area contributed by atoms with Crippen LogP contribution in [0.5, 0.6) is 5.75 Å². The summed E-state index contributed by atoms with van der Waals surface area (Å²) in [5.74, 6) is -1.47. The fraction of sp³-hybridized carbons (Fsp3) is 0.0714. The molecule has 0 aromatic heterocycles. The summed E-state index contributed by atoms with van der Waals surface area (Å²) in [7, 11) is 0. The number of halogens is 4. The Kier molecular flexibility index (Phi) is 5.58. The second kappa shape index (κ2) is 7.63. The van der Waals surface area contributed by atoms with Gasteiger partial charge in [0.1, 0.15) is 11.6 Å². The third-order valence-electron chi connectivity index (χ3n) is 2.58. The van der Waals surface area contributed by atoms with E-state index in [1.807, 2.05) is 0 Å². The highest BCUT2D eigenvalue weighted by atomic mass is 32.1. The quantitative estimate of drug-likeness (QED) is 0.436. The molecular weight excluding hydrogens is 334 g/mol. The zero-order valence-electron chi connectivity index (χ0n) is 11.4. The first-order valence-corrected chi connectivity index (χ1v) is 6.68. The highest BCUT2D eigenvalue weighted by Gasteiger charge is 2.05. The molecular formula is C14H11F4N3OS.